The summed E-state index contributed by atoms with van der Waals surface area (Å²) < 4.78 is 0. The van der Waals surface area contributed by atoms with Crippen LogP contribution in [0.4, 0.5) is 11.5 Å². The van der Waals surface area contributed by atoms with Crippen LogP contribution in [-0.4, -0.2) is 34.6 Å². The SMILES string of the molecule is CN(CCCc1[nH]nc(N)c1C#N)C(=O)c1ccc(Cl)c(N)c1Cl. The number of aryl methyl sites for hydroxylation is 1. The van der Waals surface area contributed by atoms with Crippen LogP contribution < -0.4 is 11.5 Å². The van der Waals surface area contributed by atoms with Gasteiger partial charge in [0.15, 0.2) is 5.82 Å². The highest BCUT2D eigenvalue weighted by molar-refractivity contribution is 6.40. The predicted molar refractivity (Wildman–Crippen MR) is 93.9 cm³/mol. The molecule has 24 heavy (non-hydrogen) atoms. The Labute approximate surface area is 149 Å². The van der Waals surface area contributed by atoms with Gasteiger partial charge in [-0.2, -0.15) is 10.4 Å². The van der Waals surface area contributed by atoms with Crippen LogP contribution in [0.15, 0.2) is 12.1 Å². The molecule has 0 aliphatic heterocycles. The zero-order valence-corrected chi connectivity index (χ0v) is 14.4. The number of hydrogen-bond acceptors (Lipinski definition) is 5. The summed E-state index contributed by atoms with van der Waals surface area (Å²) >= 11 is 12.0. The number of H-pyrrole nitrogens is 1. The van der Waals surface area contributed by atoms with Crippen molar-refractivity contribution in [1.29, 1.82) is 5.26 Å². The van der Waals surface area contributed by atoms with Crippen molar-refractivity contribution in [3.05, 3.63) is 39.0 Å². The van der Waals surface area contributed by atoms with Gasteiger partial charge < -0.3 is 16.4 Å². The topological polar surface area (TPSA) is 125 Å². The van der Waals surface area contributed by atoms with E-state index in [0.717, 1.165) is 0 Å². The van der Waals surface area contributed by atoms with E-state index in [0.29, 0.717) is 41.2 Å². The van der Waals surface area contributed by atoms with Gasteiger partial charge in [-0.3, -0.25) is 9.89 Å². The number of nitrogens with one attached hydrogen (secondary N) is 1. The number of benzene rings is 1. The molecule has 0 radical (unpaired) electrons. The molecule has 126 valence electrons. The normalized spacial score (nSPS) is 10.4. The van der Waals surface area contributed by atoms with Crippen molar-refractivity contribution in [2.24, 2.45) is 0 Å². The van der Waals surface area contributed by atoms with E-state index in [-0.39, 0.29) is 22.4 Å². The largest absolute Gasteiger partial charge is 0.396 e. The molecule has 2 aromatic rings. The zero-order chi connectivity index (χ0) is 17.9. The molecule has 7 nitrogen and oxygen atoms in total. The van der Waals surface area contributed by atoms with Crippen molar-refractivity contribution in [2.45, 2.75) is 12.8 Å². The molecule has 1 aromatic carbocycles. The van der Waals surface area contributed by atoms with E-state index >= 15 is 0 Å². The van der Waals surface area contributed by atoms with Gasteiger partial charge in [0.1, 0.15) is 11.6 Å². The molecule has 0 saturated heterocycles. The molecule has 0 spiro atoms. The minimum absolute atomic E-state index is 0.146. The van der Waals surface area contributed by atoms with Crippen LogP contribution in [0.5, 0.6) is 0 Å². The average Bonchev–Trinajstić information content (AvgIpc) is 2.92. The summed E-state index contributed by atoms with van der Waals surface area (Å²) in [6, 6.07) is 5.09. The van der Waals surface area contributed by atoms with Gasteiger partial charge in [0.05, 0.1) is 27.0 Å². The number of amides is 1. The highest BCUT2D eigenvalue weighted by Gasteiger charge is 2.18. The molecule has 0 aliphatic carbocycles. The fourth-order valence-electron chi connectivity index (χ4n) is 2.23. The number of aromatic amines is 1. The summed E-state index contributed by atoms with van der Waals surface area (Å²) in [6.07, 6.45) is 1.17. The Bertz CT molecular complexity index is 811. The maximum absolute atomic E-state index is 12.4. The van der Waals surface area contributed by atoms with E-state index in [1.165, 1.54) is 11.0 Å². The summed E-state index contributed by atoms with van der Waals surface area (Å²) in [4.78, 5) is 14.0. The Balaban J connectivity index is 2.00. The summed E-state index contributed by atoms with van der Waals surface area (Å²) in [5.41, 5.74) is 12.8. The third kappa shape index (κ3) is 3.55. The first-order valence-electron chi connectivity index (χ1n) is 7.08. The summed E-state index contributed by atoms with van der Waals surface area (Å²) in [6.45, 7) is 0.460. The Morgan fingerprint density at radius 2 is 2.12 bits per heavy atom. The van der Waals surface area contributed by atoms with Crippen molar-refractivity contribution in [3.8, 4) is 6.07 Å². The van der Waals surface area contributed by atoms with Crippen LogP contribution in [0, 0.1) is 11.3 Å². The fraction of sp³-hybridized carbons (Fsp3) is 0.267. The number of hydrogen-bond donors (Lipinski definition) is 3. The summed E-state index contributed by atoms with van der Waals surface area (Å²) in [7, 11) is 1.66. The van der Waals surface area contributed by atoms with Crippen LogP contribution in [0.3, 0.4) is 0 Å². The van der Waals surface area contributed by atoms with Crippen LogP contribution in [0.25, 0.3) is 0 Å². The second-order valence-corrected chi connectivity index (χ2v) is 6.01. The van der Waals surface area contributed by atoms with Crippen LogP contribution in [-0.2, 0) is 6.42 Å². The molecular weight excluding hydrogens is 351 g/mol. The Morgan fingerprint density at radius 1 is 1.42 bits per heavy atom. The lowest BCUT2D eigenvalue weighted by Crippen LogP contribution is -2.28. The first-order valence-corrected chi connectivity index (χ1v) is 7.84. The van der Waals surface area contributed by atoms with Crippen molar-refractivity contribution in [1.82, 2.24) is 15.1 Å². The van der Waals surface area contributed by atoms with Gasteiger partial charge in [-0.15, -0.1) is 0 Å². The molecule has 5 N–H and O–H groups in total. The van der Waals surface area contributed by atoms with Gasteiger partial charge in [-0.25, -0.2) is 0 Å². The second kappa shape index (κ2) is 7.43. The third-order valence-electron chi connectivity index (χ3n) is 3.61. The molecular formula is C15H16Cl2N6O. The van der Waals surface area contributed by atoms with Crippen molar-refractivity contribution in [2.75, 3.05) is 25.1 Å². The Morgan fingerprint density at radius 3 is 2.79 bits per heavy atom. The quantitative estimate of drug-likeness (QED) is 0.700. The number of rotatable bonds is 5. The van der Waals surface area contributed by atoms with Crippen molar-refractivity contribution in [3.63, 3.8) is 0 Å². The number of nitriles is 1. The van der Waals surface area contributed by atoms with Gasteiger partial charge in [0.2, 0.25) is 0 Å². The number of carbonyl (C=O) groups excluding carboxylic acids is 1. The molecule has 0 fully saturated rings. The van der Waals surface area contributed by atoms with Crippen molar-refractivity contribution >= 4 is 40.6 Å². The molecule has 0 unspecified atom stereocenters. The van der Waals surface area contributed by atoms with Gasteiger partial charge in [-0.05, 0) is 25.0 Å². The van der Waals surface area contributed by atoms with E-state index < -0.39 is 0 Å². The number of carbonyl (C=O) groups is 1. The number of anilines is 2. The molecule has 1 amide bonds. The lowest BCUT2D eigenvalue weighted by Gasteiger charge is -2.18. The monoisotopic (exact) mass is 366 g/mol. The second-order valence-electron chi connectivity index (χ2n) is 5.23. The van der Waals surface area contributed by atoms with Gasteiger partial charge in [-0.1, -0.05) is 23.2 Å². The molecule has 9 heteroatoms. The van der Waals surface area contributed by atoms with Crippen LogP contribution in [0.2, 0.25) is 10.0 Å². The van der Waals surface area contributed by atoms with E-state index in [4.69, 9.17) is 39.9 Å². The van der Waals surface area contributed by atoms with Gasteiger partial charge in [0.25, 0.3) is 5.91 Å². The third-order valence-corrected chi connectivity index (χ3v) is 4.34. The highest BCUT2D eigenvalue weighted by Crippen LogP contribution is 2.31. The maximum atomic E-state index is 12.4. The van der Waals surface area contributed by atoms with E-state index in [2.05, 4.69) is 10.2 Å². The molecule has 1 aromatic heterocycles. The fourth-order valence-corrected chi connectivity index (χ4v) is 2.69. The minimum atomic E-state index is -0.256. The van der Waals surface area contributed by atoms with Crippen LogP contribution >= 0.6 is 23.2 Å². The number of nitrogens with two attached hydrogens (primary N) is 2. The summed E-state index contributed by atoms with van der Waals surface area (Å²) in [5.74, 6) is -0.0756. The average molecular weight is 367 g/mol. The zero-order valence-electron chi connectivity index (χ0n) is 12.9. The Hall–Kier alpha value is -2.43. The molecule has 0 saturated carbocycles. The molecule has 0 bridgehead atoms. The standard InChI is InChI=1S/C15H16Cl2N6O/c1-23(6-2-3-11-9(7-18)14(20)22-21-11)15(24)8-4-5-10(16)13(19)12(8)17/h4-5H,2-3,6,19H2,1H3,(H3,20,21,22). The molecule has 2 rings (SSSR count). The number of halogens is 2. The van der Waals surface area contributed by atoms with Gasteiger partial charge >= 0.3 is 0 Å². The lowest BCUT2D eigenvalue weighted by atomic mass is 10.1. The van der Waals surface area contributed by atoms with E-state index in [9.17, 15) is 4.79 Å². The van der Waals surface area contributed by atoms with Gasteiger partial charge in [0, 0.05) is 13.6 Å². The molecule has 1 heterocycles. The number of nitrogen functional groups attached to an aromatic ring is 2. The minimum Gasteiger partial charge on any atom is -0.396 e. The first kappa shape index (κ1) is 17.9. The summed E-state index contributed by atoms with van der Waals surface area (Å²) in [5, 5.41) is 16.0. The first-order chi connectivity index (χ1) is 11.4. The number of nitrogens with zero attached hydrogens (tertiary/aromatic N) is 3. The van der Waals surface area contributed by atoms with E-state index in [1.54, 1.807) is 13.1 Å². The smallest absolute Gasteiger partial charge is 0.255 e. The molecule has 0 atom stereocenters. The highest BCUT2D eigenvalue weighted by atomic mass is 35.5. The Kier molecular flexibility index (Phi) is 5.54. The molecule has 0 aliphatic rings. The van der Waals surface area contributed by atoms with Crippen molar-refractivity contribution < 1.29 is 4.79 Å². The van der Waals surface area contributed by atoms with E-state index in [1.807, 2.05) is 6.07 Å². The van der Waals surface area contributed by atoms with Crippen LogP contribution in [0.1, 0.15) is 28.0 Å². The number of aromatic nitrogens is 2. The lowest BCUT2D eigenvalue weighted by molar-refractivity contribution is 0.0793. The maximum Gasteiger partial charge on any atom is 0.255 e. The predicted octanol–water partition coefficient (Wildman–Crippen LogP) is 2.46.